The number of carbonyl (C=O) groups excluding carboxylic acids is 1. The summed E-state index contributed by atoms with van der Waals surface area (Å²) in [6, 6.07) is 1.07. The van der Waals surface area contributed by atoms with Gasteiger partial charge in [-0.25, -0.2) is 4.79 Å². The van der Waals surface area contributed by atoms with Gasteiger partial charge in [0.05, 0.1) is 4.88 Å². The summed E-state index contributed by atoms with van der Waals surface area (Å²) in [5.41, 5.74) is 1.18. The van der Waals surface area contributed by atoms with Crippen LogP contribution in [0.5, 0.6) is 0 Å². The van der Waals surface area contributed by atoms with Gasteiger partial charge in [0.2, 0.25) is 0 Å². The smallest absolute Gasteiger partial charge is 0.326 e. The average Bonchev–Trinajstić information content (AvgIpc) is 2.76. The fourth-order valence-corrected chi connectivity index (χ4v) is 3.32. The number of hydrogen-bond acceptors (Lipinski definition) is 4. The summed E-state index contributed by atoms with van der Waals surface area (Å²) in [5, 5.41) is 11.7. The Morgan fingerprint density at radius 2 is 2.20 bits per heavy atom. The molecule has 0 aromatic carbocycles. The summed E-state index contributed by atoms with van der Waals surface area (Å²) in [5.74, 6) is -0.551. The maximum Gasteiger partial charge on any atom is 0.326 e. The maximum atomic E-state index is 12.1. The summed E-state index contributed by atoms with van der Waals surface area (Å²) >= 11 is 3.00. The number of thioether (sulfide) groups is 1. The number of aryl methyl sites for hydroxylation is 2. The molecule has 0 unspecified atom stereocenters. The molecule has 6 heteroatoms. The molecule has 1 atom stereocenters. The second-order valence-corrected chi connectivity index (χ2v) is 6.83. The molecule has 1 heterocycles. The van der Waals surface area contributed by atoms with Gasteiger partial charge in [-0.15, -0.1) is 11.3 Å². The fraction of sp³-hybridized carbons (Fsp3) is 0.571. The lowest BCUT2D eigenvalue weighted by Crippen LogP contribution is -2.40. The Balaban J connectivity index is 2.73. The number of aliphatic carboxylic acids is 1. The monoisotopic (exact) mass is 315 g/mol. The minimum absolute atomic E-state index is 0.283. The minimum atomic E-state index is -0.977. The van der Waals surface area contributed by atoms with Gasteiger partial charge in [-0.1, -0.05) is 13.3 Å². The van der Waals surface area contributed by atoms with Gasteiger partial charge in [0.15, 0.2) is 0 Å². The van der Waals surface area contributed by atoms with Crippen LogP contribution in [0.1, 0.15) is 39.9 Å². The van der Waals surface area contributed by atoms with Crippen LogP contribution in [0, 0.1) is 6.92 Å². The van der Waals surface area contributed by atoms with Crippen molar-refractivity contribution in [3.05, 3.63) is 21.4 Å². The van der Waals surface area contributed by atoms with Gasteiger partial charge in [-0.3, -0.25) is 4.79 Å². The van der Waals surface area contributed by atoms with Crippen molar-refractivity contribution in [3.63, 3.8) is 0 Å². The van der Waals surface area contributed by atoms with Crippen molar-refractivity contribution in [1.29, 1.82) is 0 Å². The van der Waals surface area contributed by atoms with E-state index in [2.05, 4.69) is 12.2 Å². The molecule has 0 bridgehead atoms. The van der Waals surface area contributed by atoms with Gasteiger partial charge in [0.1, 0.15) is 6.04 Å². The van der Waals surface area contributed by atoms with E-state index >= 15 is 0 Å². The highest BCUT2D eigenvalue weighted by molar-refractivity contribution is 7.98. The molecule has 4 nitrogen and oxygen atoms in total. The average molecular weight is 315 g/mol. The largest absolute Gasteiger partial charge is 0.480 e. The van der Waals surface area contributed by atoms with Crippen LogP contribution >= 0.6 is 23.1 Å². The lowest BCUT2D eigenvalue weighted by Gasteiger charge is -2.12. The van der Waals surface area contributed by atoms with E-state index in [1.165, 1.54) is 16.9 Å². The van der Waals surface area contributed by atoms with Crippen LogP contribution < -0.4 is 5.32 Å². The molecular formula is C14H21NO3S2. The highest BCUT2D eigenvalue weighted by Crippen LogP contribution is 2.23. The Bertz CT molecular complexity index is 471. The first-order valence-corrected chi connectivity index (χ1v) is 8.82. The van der Waals surface area contributed by atoms with E-state index in [1.807, 2.05) is 19.2 Å². The van der Waals surface area contributed by atoms with Crippen LogP contribution in [0.2, 0.25) is 0 Å². The van der Waals surface area contributed by atoms with Gasteiger partial charge in [0, 0.05) is 4.88 Å². The lowest BCUT2D eigenvalue weighted by atomic mass is 10.1. The van der Waals surface area contributed by atoms with E-state index in [0.717, 1.165) is 17.7 Å². The van der Waals surface area contributed by atoms with E-state index in [4.69, 9.17) is 5.11 Å². The molecule has 0 aliphatic rings. The Morgan fingerprint density at radius 3 is 2.75 bits per heavy atom. The maximum absolute atomic E-state index is 12.1. The number of carboxylic acid groups (broad SMARTS) is 1. The lowest BCUT2D eigenvalue weighted by molar-refractivity contribution is -0.139. The first-order chi connectivity index (χ1) is 9.49. The first-order valence-electron chi connectivity index (χ1n) is 6.61. The van der Waals surface area contributed by atoms with Crippen molar-refractivity contribution in [2.75, 3.05) is 12.0 Å². The molecule has 0 spiro atoms. The van der Waals surface area contributed by atoms with Gasteiger partial charge < -0.3 is 10.4 Å². The van der Waals surface area contributed by atoms with E-state index < -0.39 is 12.0 Å². The quantitative estimate of drug-likeness (QED) is 0.774. The van der Waals surface area contributed by atoms with Crippen LogP contribution in [0.4, 0.5) is 0 Å². The van der Waals surface area contributed by atoms with Gasteiger partial charge in [0.25, 0.3) is 5.91 Å². The molecule has 0 saturated heterocycles. The highest BCUT2D eigenvalue weighted by atomic mass is 32.2. The summed E-state index contributed by atoms with van der Waals surface area (Å²) in [6.07, 6.45) is 4.34. The molecular weight excluding hydrogens is 294 g/mol. The zero-order chi connectivity index (χ0) is 15.1. The van der Waals surface area contributed by atoms with E-state index in [9.17, 15) is 9.59 Å². The number of amides is 1. The summed E-state index contributed by atoms with van der Waals surface area (Å²) < 4.78 is 0. The third-order valence-corrected chi connectivity index (χ3v) is 4.71. The standard InChI is InChI=1S/C14H21NO3S2/c1-4-5-10-8-12(20-9(10)2)13(16)15-11(14(17)18)6-7-19-3/h8,11H,4-7H2,1-3H3,(H,15,16)(H,17,18)/t11-/m1/s1. The predicted molar refractivity (Wildman–Crippen MR) is 84.9 cm³/mol. The van der Waals surface area contributed by atoms with Crippen molar-refractivity contribution in [2.45, 2.75) is 39.2 Å². The Labute approximate surface area is 128 Å². The molecule has 0 fully saturated rings. The highest BCUT2D eigenvalue weighted by Gasteiger charge is 2.21. The third-order valence-electron chi connectivity index (χ3n) is 2.98. The van der Waals surface area contributed by atoms with Crippen LogP contribution in [-0.4, -0.2) is 35.0 Å². The SMILES string of the molecule is CCCc1cc(C(=O)N[C@H](CCSC)C(=O)O)sc1C. The van der Waals surface area contributed by atoms with Gasteiger partial charge in [-0.05, 0) is 43.4 Å². The van der Waals surface area contributed by atoms with Crippen LogP contribution in [0.25, 0.3) is 0 Å². The third kappa shape index (κ3) is 4.83. The van der Waals surface area contributed by atoms with Crippen molar-refractivity contribution < 1.29 is 14.7 Å². The number of thiophene rings is 1. The normalized spacial score (nSPS) is 12.2. The van der Waals surface area contributed by atoms with Crippen molar-refractivity contribution >= 4 is 35.0 Å². The first kappa shape index (κ1) is 17.0. The van der Waals surface area contributed by atoms with Crippen LogP contribution in [0.3, 0.4) is 0 Å². The number of nitrogens with one attached hydrogen (secondary N) is 1. The molecule has 0 aliphatic carbocycles. The fourth-order valence-electron chi connectivity index (χ4n) is 1.87. The van der Waals surface area contributed by atoms with E-state index in [-0.39, 0.29) is 5.91 Å². The van der Waals surface area contributed by atoms with Crippen molar-refractivity contribution in [3.8, 4) is 0 Å². The number of carboxylic acids is 1. The van der Waals surface area contributed by atoms with Crippen LogP contribution in [-0.2, 0) is 11.2 Å². The van der Waals surface area contributed by atoms with Gasteiger partial charge >= 0.3 is 5.97 Å². The molecule has 1 aromatic rings. The number of rotatable bonds is 8. The Morgan fingerprint density at radius 1 is 1.50 bits per heavy atom. The number of hydrogen-bond donors (Lipinski definition) is 2. The second-order valence-electron chi connectivity index (χ2n) is 4.59. The number of carbonyl (C=O) groups is 2. The second kappa shape index (κ2) is 8.32. The van der Waals surface area contributed by atoms with Gasteiger partial charge in [-0.2, -0.15) is 11.8 Å². The Kier molecular flexibility index (Phi) is 7.09. The van der Waals surface area contributed by atoms with Crippen molar-refractivity contribution in [1.82, 2.24) is 5.32 Å². The van der Waals surface area contributed by atoms with E-state index in [1.54, 1.807) is 11.8 Å². The minimum Gasteiger partial charge on any atom is -0.480 e. The zero-order valence-corrected chi connectivity index (χ0v) is 13.7. The molecule has 0 aliphatic heterocycles. The molecule has 0 saturated carbocycles. The topological polar surface area (TPSA) is 66.4 Å². The molecule has 1 aromatic heterocycles. The molecule has 1 amide bonds. The van der Waals surface area contributed by atoms with Crippen LogP contribution in [0.15, 0.2) is 6.07 Å². The zero-order valence-electron chi connectivity index (χ0n) is 12.1. The summed E-state index contributed by atoms with van der Waals surface area (Å²) in [7, 11) is 0. The molecule has 112 valence electrons. The predicted octanol–water partition coefficient (Wildman–Crippen LogP) is 2.95. The molecule has 2 N–H and O–H groups in total. The Hall–Kier alpha value is -1.01. The molecule has 0 radical (unpaired) electrons. The van der Waals surface area contributed by atoms with Crippen molar-refractivity contribution in [2.24, 2.45) is 0 Å². The summed E-state index contributed by atoms with van der Waals surface area (Å²) in [6.45, 7) is 4.09. The molecule has 20 heavy (non-hydrogen) atoms. The summed E-state index contributed by atoms with van der Waals surface area (Å²) in [4.78, 5) is 25.0. The van der Waals surface area contributed by atoms with E-state index in [0.29, 0.717) is 17.1 Å². The molecule has 1 rings (SSSR count).